The Hall–Kier alpha value is -1.72. The van der Waals surface area contributed by atoms with Crippen LogP contribution in [0.1, 0.15) is 12.6 Å². The van der Waals surface area contributed by atoms with E-state index >= 15 is 0 Å². The number of nitrogens with one attached hydrogen (secondary N) is 1. The summed E-state index contributed by atoms with van der Waals surface area (Å²) in [6, 6.07) is 7.29. The summed E-state index contributed by atoms with van der Waals surface area (Å²) in [6.07, 6.45) is 1.72. The lowest BCUT2D eigenvalue weighted by atomic mass is 10.3. The summed E-state index contributed by atoms with van der Waals surface area (Å²) in [7, 11) is 1.67. The van der Waals surface area contributed by atoms with Crippen molar-refractivity contribution in [2.75, 3.05) is 13.7 Å². The van der Waals surface area contributed by atoms with Crippen LogP contribution >= 0.6 is 0 Å². The van der Waals surface area contributed by atoms with Crippen molar-refractivity contribution in [3.8, 4) is 0 Å². The van der Waals surface area contributed by atoms with E-state index in [1.54, 1.807) is 19.4 Å². The number of hydrogen-bond acceptors (Lipinski definition) is 4. The summed E-state index contributed by atoms with van der Waals surface area (Å²) in [5.74, 6) is 0. The van der Waals surface area contributed by atoms with Crippen LogP contribution in [0.2, 0.25) is 0 Å². The van der Waals surface area contributed by atoms with Crippen LogP contribution in [0.3, 0.4) is 0 Å². The SMILES string of the molecule is COCC(C)NCc1cc(=O)n2ccccc2n1. The average Bonchev–Trinajstić information content (AvgIpc) is 2.37. The first-order valence-electron chi connectivity index (χ1n) is 5.90. The first-order valence-corrected chi connectivity index (χ1v) is 5.90. The van der Waals surface area contributed by atoms with E-state index in [0.29, 0.717) is 18.8 Å². The van der Waals surface area contributed by atoms with Gasteiger partial charge in [-0.1, -0.05) is 6.07 Å². The number of fused-ring (bicyclic) bond motifs is 1. The van der Waals surface area contributed by atoms with Gasteiger partial charge < -0.3 is 10.1 Å². The Balaban J connectivity index is 2.17. The molecule has 0 saturated carbocycles. The Bertz CT molecular complexity index is 580. The predicted molar refractivity (Wildman–Crippen MR) is 69.6 cm³/mol. The van der Waals surface area contributed by atoms with Crippen molar-refractivity contribution in [1.29, 1.82) is 0 Å². The molecule has 0 aliphatic rings. The van der Waals surface area contributed by atoms with Crippen molar-refractivity contribution in [3.05, 3.63) is 46.5 Å². The number of nitrogens with zero attached hydrogens (tertiary/aromatic N) is 2. The lowest BCUT2D eigenvalue weighted by Crippen LogP contribution is -2.30. The van der Waals surface area contributed by atoms with Crippen molar-refractivity contribution < 1.29 is 4.74 Å². The van der Waals surface area contributed by atoms with Gasteiger partial charge in [-0.15, -0.1) is 0 Å². The molecule has 96 valence electrons. The highest BCUT2D eigenvalue weighted by Gasteiger charge is 2.04. The third-order valence-corrected chi connectivity index (χ3v) is 2.67. The van der Waals surface area contributed by atoms with E-state index in [2.05, 4.69) is 10.3 Å². The molecule has 0 aliphatic heterocycles. The maximum absolute atomic E-state index is 11.8. The maximum Gasteiger partial charge on any atom is 0.258 e. The van der Waals surface area contributed by atoms with Gasteiger partial charge in [-0.25, -0.2) is 4.98 Å². The Kier molecular flexibility index (Phi) is 4.07. The lowest BCUT2D eigenvalue weighted by molar-refractivity contribution is 0.171. The maximum atomic E-state index is 11.8. The molecule has 2 rings (SSSR count). The van der Waals surface area contributed by atoms with E-state index in [1.807, 2.05) is 25.1 Å². The smallest absolute Gasteiger partial charge is 0.258 e. The highest BCUT2D eigenvalue weighted by molar-refractivity contribution is 5.37. The minimum absolute atomic E-state index is 0.0585. The fourth-order valence-corrected chi connectivity index (χ4v) is 1.78. The van der Waals surface area contributed by atoms with Gasteiger partial charge in [0.2, 0.25) is 0 Å². The normalized spacial score (nSPS) is 12.8. The third-order valence-electron chi connectivity index (χ3n) is 2.67. The zero-order valence-corrected chi connectivity index (χ0v) is 10.6. The van der Waals surface area contributed by atoms with Crippen molar-refractivity contribution >= 4 is 5.65 Å². The zero-order chi connectivity index (χ0) is 13.0. The van der Waals surface area contributed by atoms with E-state index in [4.69, 9.17) is 4.74 Å². The molecule has 1 atom stereocenters. The molecule has 5 nitrogen and oxygen atoms in total. The zero-order valence-electron chi connectivity index (χ0n) is 10.6. The van der Waals surface area contributed by atoms with Gasteiger partial charge in [-0.05, 0) is 19.1 Å². The van der Waals surface area contributed by atoms with Crippen molar-refractivity contribution in [2.24, 2.45) is 0 Å². The molecule has 5 heteroatoms. The largest absolute Gasteiger partial charge is 0.383 e. The Morgan fingerprint density at radius 1 is 1.50 bits per heavy atom. The summed E-state index contributed by atoms with van der Waals surface area (Å²) >= 11 is 0. The second-order valence-corrected chi connectivity index (χ2v) is 4.25. The van der Waals surface area contributed by atoms with Gasteiger partial charge in [0.1, 0.15) is 5.65 Å². The van der Waals surface area contributed by atoms with Gasteiger partial charge in [0, 0.05) is 32.0 Å². The third kappa shape index (κ3) is 2.94. The van der Waals surface area contributed by atoms with Gasteiger partial charge in [-0.3, -0.25) is 9.20 Å². The van der Waals surface area contributed by atoms with E-state index in [0.717, 1.165) is 5.69 Å². The molecule has 0 fully saturated rings. The molecule has 0 aromatic carbocycles. The molecular weight excluding hydrogens is 230 g/mol. The van der Waals surface area contributed by atoms with Crippen LogP contribution in [0.4, 0.5) is 0 Å². The molecule has 1 unspecified atom stereocenters. The fraction of sp³-hybridized carbons (Fsp3) is 0.385. The summed E-state index contributed by atoms with van der Waals surface area (Å²) in [5.41, 5.74) is 1.35. The van der Waals surface area contributed by atoms with Crippen LogP contribution in [0.15, 0.2) is 35.3 Å². The lowest BCUT2D eigenvalue weighted by Gasteiger charge is -2.12. The van der Waals surface area contributed by atoms with Crippen LogP contribution in [0, 0.1) is 0 Å². The highest BCUT2D eigenvalue weighted by Crippen LogP contribution is 1.98. The number of pyridine rings is 1. The van der Waals surface area contributed by atoms with E-state index in [-0.39, 0.29) is 11.6 Å². The van der Waals surface area contributed by atoms with Crippen LogP contribution in [-0.4, -0.2) is 29.1 Å². The molecule has 0 amide bonds. The van der Waals surface area contributed by atoms with E-state index in [9.17, 15) is 4.79 Å². The van der Waals surface area contributed by atoms with Crippen molar-refractivity contribution in [3.63, 3.8) is 0 Å². The van der Waals surface area contributed by atoms with Gasteiger partial charge in [-0.2, -0.15) is 0 Å². The number of hydrogen-bond donors (Lipinski definition) is 1. The fourth-order valence-electron chi connectivity index (χ4n) is 1.78. The minimum atomic E-state index is -0.0585. The number of methoxy groups -OCH3 is 1. The highest BCUT2D eigenvalue weighted by atomic mass is 16.5. The molecule has 18 heavy (non-hydrogen) atoms. The number of ether oxygens (including phenoxy) is 1. The molecule has 0 bridgehead atoms. The van der Waals surface area contributed by atoms with E-state index in [1.165, 1.54) is 4.40 Å². The van der Waals surface area contributed by atoms with Crippen molar-refractivity contribution in [2.45, 2.75) is 19.5 Å². The van der Waals surface area contributed by atoms with Crippen LogP contribution in [0.5, 0.6) is 0 Å². The number of aromatic nitrogens is 2. The summed E-state index contributed by atoms with van der Waals surface area (Å²) in [4.78, 5) is 16.3. The predicted octanol–water partition coefficient (Wildman–Crippen LogP) is 0.819. The Morgan fingerprint density at radius 3 is 3.11 bits per heavy atom. The topological polar surface area (TPSA) is 55.6 Å². The molecule has 0 spiro atoms. The molecule has 1 N–H and O–H groups in total. The van der Waals surface area contributed by atoms with Gasteiger partial charge in [0.25, 0.3) is 5.56 Å². The van der Waals surface area contributed by atoms with Crippen LogP contribution < -0.4 is 10.9 Å². The Morgan fingerprint density at radius 2 is 2.33 bits per heavy atom. The quantitative estimate of drug-likeness (QED) is 0.850. The molecule has 0 saturated heterocycles. The van der Waals surface area contributed by atoms with Crippen LogP contribution in [0.25, 0.3) is 5.65 Å². The van der Waals surface area contributed by atoms with Gasteiger partial charge in [0.05, 0.1) is 12.3 Å². The standard InChI is InChI=1S/C13H17N3O2/c1-10(9-18-2)14-8-11-7-13(17)16-6-4-3-5-12(16)15-11/h3-7,10,14H,8-9H2,1-2H3. The second kappa shape index (κ2) is 5.75. The molecule has 2 aromatic rings. The van der Waals surface area contributed by atoms with Crippen molar-refractivity contribution in [1.82, 2.24) is 14.7 Å². The van der Waals surface area contributed by atoms with Crippen LogP contribution in [-0.2, 0) is 11.3 Å². The molecular formula is C13H17N3O2. The minimum Gasteiger partial charge on any atom is -0.383 e. The van der Waals surface area contributed by atoms with Gasteiger partial charge in [0.15, 0.2) is 0 Å². The second-order valence-electron chi connectivity index (χ2n) is 4.25. The molecule has 0 radical (unpaired) electrons. The molecule has 0 aliphatic carbocycles. The monoisotopic (exact) mass is 247 g/mol. The average molecular weight is 247 g/mol. The molecule has 2 aromatic heterocycles. The van der Waals surface area contributed by atoms with Gasteiger partial charge >= 0.3 is 0 Å². The first-order chi connectivity index (χ1) is 8.70. The van der Waals surface area contributed by atoms with E-state index < -0.39 is 0 Å². The Labute approximate surface area is 105 Å². The first kappa shape index (κ1) is 12.7. The summed E-state index contributed by atoms with van der Waals surface area (Å²) in [5, 5.41) is 3.26. The summed E-state index contributed by atoms with van der Waals surface area (Å²) in [6.45, 7) is 3.22. The molecule has 2 heterocycles. The number of rotatable bonds is 5. The summed E-state index contributed by atoms with van der Waals surface area (Å²) < 4.78 is 6.57.